The van der Waals surface area contributed by atoms with Crippen LogP contribution in [0.5, 0.6) is 11.5 Å². The van der Waals surface area contributed by atoms with Crippen LogP contribution in [0.25, 0.3) is 0 Å². The van der Waals surface area contributed by atoms with Crippen molar-refractivity contribution in [3.8, 4) is 17.6 Å². The van der Waals surface area contributed by atoms with E-state index in [2.05, 4.69) is 11.4 Å². The van der Waals surface area contributed by atoms with Crippen LogP contribution in [0, 0.1) is 11.3 Å². The number of nitrogens with one attached hydrogen (secondary N) is 1. The molecule has 34 heavy (non-hydrogen) atoms. The van der Waals surface area contributed by atoms with Gasteiger partial charge in [0, 0.05) is 11.8 Å². The second-order valence-corrected chi connectivity index (χ2v) is 7.35. The number of hydrogen-bond acceptors (Lipinski definition) is 7. The van der Waals surface area contributed by atoms with Gasteiger partial charge < -0.3 is 24.3 Å². The Morgan fingerprint density at radius 2 is 1.68 bits per heavy atom. The minimum absolute atomic E-state index is 0.341. The number of esters is 1. The quantitative estimate of drug-likeness (QED) is 0.304. The molecule has 1 unspecified atom stereocenters. The predicted octanol–water partition coefficient (Wildman–Crippen LogP) is 4.88. The molecule has 0 bridgehead atoms. The van der Waals surface area contributed by atoms with Gasteiger partial charge in [0.25, 0.3) is 0 Å². The molecular formula is C27H28N2O5. The lowest BCUT2D eigenvalue weighted by Gasteiger charge is -2.20. The van der Waals surface area contributed by atoms with E-state index >= 15 is 0 Å². The fourth-order valence-electron chi connectivity index (χ4n) is 3.28. The highest BCUT2D eigenvalue weighted by Crippen LogP contribution is 2.30. The summed E-state index contributed by atoms with van der Waals surface area (Å²) >= 11 is 0. The van der Waals surface area contributed by atoms with Gasteiger partial charge in [0.2, 0.25) is 0 Å². The van der Waals surface area contributed by atoms with Gasteiger partial charge in [-0.05, 0) is 54.4 Å². The molecular weight excluding hydrogens is 432 g/mol. The number of hydrogen-bond donors (Lipinski definition) is 1. The minimum atomic E-state index is -0.796. The number of carbonyl (C=O) groups is 1. The Morgan fingerprint density at radius 3 is 2.32 bits per heavy atom. The molecule has 3 rings (SSSR count). The van der Waals surface area contributed by atoms with Crippen LogP contribution in [0.4, 0.5) is 5.69 Å². The summed E-state index contributed by atoms with van der Waals surface area (Å²) in [6, 6.07) is 23.4. The van der Waals surface area contributed by atoms with E-state index in [0.29, 0.717) is 54.7 Å². The molecule has 0 aliphatic heterocycles. The molecule has 7 heteroatoms. The molecule has 0 radical (unpaired) electrons. The van der Waals surface area contributed by atoms with E-state index < -0.39 is 12.0 Å². The van der Waals surface area contributed by atoms with Crippen LogP contribution in [0.1, 0.15) is 29.7 Å². The lowest BCUT2D eigenvalue weighted by molar-refractivity contribution is -0.141. The van der Waals surface area contributed by atoms with E-state index in [4.69, 9.17) is 24.2 Å². The molecule has 3 aromatic carbocycles. The van der Waals surface area contributed by atoms with Crippen LogP contribution in [0.2, 0.25) is 0 Å². The standard InChI is InChI=1S/C27H28N2O5/c1-3-33-24-15-22(26(27(30)31-2)29-23-11-9-20(18-28)10-12-23)16-25(17-24)34-14-13-32-19-21-7-5-4-6-8-21/h4-12,15-17,26,29H,3,13-14,19H2,1-2H3. The number of carbonyl (C=O) groups excluding carboxylic acids is 1. The largest absolute Gasteiger partial charge is 0.494 e. The molecule has 7 nitrogen and oxygen atoms in total. The fraction of sp³-hybridized carbons (Fsp3) is 0.259. The topological polar surface area (TPSA) is 89.8 Å². The van der Waals surface area contributed by atoms with Gasteiger partial charge in [-0.15, -0.1) is 0 Å². The molecule has 0 spiro atoms. The average Bonchev–Trinajstić information content (AvgIpc) is 2.87. The van der Waals surface area contributed by atoms with Crippen molar-refractivity contribution in [3.63, 3.8) is 0 Å². The smallest absolute Gasteiger partial charge is 0.332 e. The van der Waals surface area contributed by atoms with Gasteiger partial charge in [0.05, 0.1) is 38.6 Å². The first-order valence-corrected chi connectivity index (χ1v) is 11.0. The Hall–Kier alpha value is -4.02. The van der Waals surface area contributed by atoms with Gasteiger partial charge >= 0.3 is 5.97 Å². The van der Waals surface area contributed by atoms with Crippen molar-refractivity contribution in [2.75, 3.05) is 32.2 Å². The summed E-state index contributed by atoms with van der Waals surface area (Å²) < 4.78 is 22.3. The average molecular weight is 461 g/mol. The maximum atomic E-state index is 12.6. The maximum Gasteiger partial charge on any atom is 0.332 e. The molecule has 0 aliphatic rings. The van der Waals surface area contributed by atoms with Crippen LogP contribution in [0.3, 0.4) is 0 Å². The van der Waals surface area contributed by atoms with E-state index in [9.17, 15) is 4.79 Å². The number of methoxy groups -OCH3 is 1. The Morgan fingerprint density at radius 1 is 0.971 bits per heavy atom. The maximum absolute atomic E-state index is 12.6. The summed E-state index contributed by atoms with van der Waals surface area (Å²) in [4.78, 5) is 12.6. The predicted molar refractivity (Wildman–Crippen MR) is 129 cm³/mol. The Balaban J connectivity index is 1.71. The van der Waals surface area contributed by atoms with Gasteiger partial charge in [-0.3, -0.25) is 0 Å². The molecule has 0 amide bonds. The summed E-state index contributed by atoms with van der Waals surface area (Å²) in [6.07, 6.45) is 0. The van der Waals surface area contributed by atoms with Crippen LogP contribution >= 0.6 is 0 Å². The minimum Gasteiger partial charge on any atom is -0.494 e. The summed E-state index contributed by atoms with van der Waals surface area (Å²) in [5, 5.41) is 12.2. The normalized spacial score (nSPS) is 11.2. The molecule has 3 aromatic rings. The van der Waals surface area contributed by atoms with Crippen LogP contribution < -0.4 is 14.8 Å². The highest BCUT2D eigenvalue weighted by atomic mass is 16.5. The highest BCUT2D eigenvalue weighted by Gasteiger charge is 2.23. The van der Waals surface area contributed by atoms with Gasteiger partial charge in [-0.2, -0.15) is 5.26 Å². The van der Waals surface area contributed by atoms with Crippen LogP contribution in [0.15, 0.2) is 72.8 Å². The lowest BCUT2D eigenvalue weighted by atomic mass is 10.1. The SMILES string of the molecule is CCOc1cc(OCCOCc2ccccc2)cc(C(Nc2ccc(C#N)cc2)C(=O)OC)c1. The Labute approximate surface area is 199 Å². The summed E-state index contributed by atoms with van der Waals surface area (Å²) in [7, 11) is 1.34. The Kier molecular flexibility index (Phi) is 9.32. The van der Waals surface area contributed by atoms with Gasteiger partial charge in [0.15, 0.2) is 6.04 Å². The number of benzene rings is 3. The van der Waals surface area contributed by atoms with Gasteiger partial charge in [-0.1, -0.05) is 30.3 Å². The molecule has 0 saturated carbocycles. The second kappa shape index (κ2) is 12.9. The zero-order valence-corrected chi connectivity index (χ0v) is 19.3. The van der Waals surface area contributed by atoms with Crippen LogP contribution in [-0.4, -0.2) is 32.9 Å². The van der Waals surface area contributed by atoms with Crippen molar-refractivity contribution in [1.82, 2.24) is 0 Å². The van der Waals surface area contributed by atoms with Crippen molar-refractivity contribution in [1.29, 1.82) is 5.26 Å². The number of ether oxygens (including phenoxy) is 4. The third-order valence-corrected chi connectivity index (χ3v) is 4.92. The lowest BCUT2D eigenvalue weighted by Crippen LogP contribution is -2.22. The summed E-state index contributed by atoms with van der Waals surface area (Å²) in [5.74, 6) is 0.672. The first-order valence-electron chi connectivity index (χ1n) is 11.0. The molecule has 176 valence electrons. The van der Waals surface area contributed by atoms with Gasteiger partial charge in [-0.25, -0.2) is 4.79 Å². The zero-order chi connectivity index (χ0) is 24.2. The third kappa shape index (κ3) is 7.26. The van der Waals surface area contributed by atoms with Crippen molar-refractivity contribution in [3.05, 3.63) is 89.5 Å². The van der Waals surface area contributed by atoms with E-state index in [-0.39, 0.29) is 0 Å². The van der Waals surface area contributed by atoms with Crippen molar-refractivity contribution in [2.24, 2.45) is 0 Å². The number of anilines is 1. The molecule has 1 atom stereocenters. The number of nitriles is 1. The van der Waals surface area contributed by atoms with Crippen molar-refractivity contribution >= 4 is 11.7 Å². The fourth-order valence-corrected chi connectivity index (χ4v) is 3.28. The van der Waals surface area contributed by atoms with E-state index in [1.54, 1.807) is 42.5 Å². The molecule has 0 fully saturated rings. The van der Waals surface area contributed by atoms with E-state index in [1.165, 1.54) is 7.11 Å². The molecule has 0 heterocycles. The second-order valence-electron chi connectivity index (χ2n) is 7.35. The van der Waals surface area contributed by atoms with Crippen molar-refractivity contribution in [2.45, 2.75) is 19.6 Å². The first kappa shape index (κ1) is 24.6. The van der Waals surface area contributed by atoms with Crippen LogP contribution in [-0.2, 0) is 20.9 Å². The monoisotopic (exact) mass is 460 g/mol. The zero-order valence-electron chi connectivity index (χ0n) is 19.3. The molecule has 0 aliphatic carbocycles. The summed E-state index contributed by atoms with van der Waals surface area (Å²) in [6.45, 7) is 3.61. The molecule has 1 N–H and O–H groups in total. The summed E-state index contributed by atoms with van der Waals surface area (Å²) in [5.41, 5.74) is 2.93. The highest BCUT2D eigenvalue weighted by molar-refractivity contribution is 5.81. The van der Waals surface area contributed by atoms with E-state index in [1.807, 2.05) is 37.3 Å². The van der Waals surface area contributed by atoms with E-state index in [0.717, 1.165) is 5.56 Å². The first-order chi connectivity index (χ1) is 16.6. The molecule has 0 saturated heterocycles. The Bertz CT molecular complexity index is 1090. The number of nitrogens with zero attached hydrogens (tertiary/aromatic N) is 1. The van der Waals surface area contributed by atoms with Crippen molar-refractivity contribution < 1.29 is 23.7 Å². The number of rotatable bonds is 12. The third-order valence-electron chi connectivity index (χ3n) is 4.92. The van der Waals surface area contributed by atoms with Gasteiger partial charge in [0.1, 0.15) is 18.1 Å². The molecule has 0 aromatic heterocycles.